The topological polar surface area (TPSA) is 18.5 Å². The maximum Gasteiger partial charge on any atom is 0.0756 e. The quantitative estimate of drug-likeness (QED) is 0.394. The maximum absolute atomic E-state index is 6.22. The summed E-state index contributed by atoms with van der Waals surface area (Å²) < 4.78 is 12.2. The monoisotopic (exact) mass is 446 g/mol. The fourth-order valence-corrected chi connectivity index (χ4v) is 8.56. The molecule has 32 heavy (non-hydrogen) atoms. The summed E-state index contributed by atoms with van der Waals surface area (Å²) in [4.78, 5) is 0. The molecule has 0 radical (unpaired) electrons. The van der Waals surface area contributed by atoms with Crippen LogP contribution >= 0.6 is 0 Å². The van der Waals surface area contributed by atoms with Crippen molar-refractivity contribution in [2.45, 2.75) is 124 Å². The highest BCUT2D eigenvalue weighted by Gasteiger charge is 2.61. The van der Waals surface area contributed by atoms with Crippen LogP contribution < -0.4 is 0 Å². The van der Waals surface area contributed by atoms with Gasteiger partial charge in [-0.1, -0.05) is 65.5 Å². The molecule has 0 bridgehead atoms. The third kappa shape index (κ3) is 5.32. The first-order chi connectivity index (χ1) is 15.5. The molecule has 4 rings (SSSR count). The van der Waals surface area contributed by atoms with Crippen molar-refractivity contribution in [3.05, 3.63) is 12.2 Å². The van der Waals surface area contributed by atoms with Crippen molar-refractivity contribution in [3.63, 3.8) is 0 Å². The Morgan fingerprint density at radius 2 is 1.50 bits per heavy atom. The van der Waals surface area contributed by atoms with E-state index in [0.717, 1.165) is 42.8 Å². The summed E-state index contributed by atoms with van der Waals surface area (Å²) in [6, 6.07) is 0. The molecule has 9 unspecified atom stereocenters. The zero-order valence-electron chi connectivity index (χ0n) is 22.3. The van der Waals surface area contributed by atoms with Crippen molar-refractivity contribution in [1.29, 1.82) is 0 Å². The summed E-state index contributed by atoms with van der Waals surface area (Å²) in [6.07, 6.45) is 21.1. The Kier molecular flexibility index (Phi) is 10.2. The Hall–Kier alpha value is -0.340. The molecule has 3 fully saturated rings. The molecule has 2 nitrogen and oxygen atoms in total. The van der Waals surface area contributed by atoms with Crippen LogP contribution in [0.1, 0.15) is 112 Å². The predicted octanol–water partition coefficient (Wildman–Crippen LogP) is 8.45. The van der Waals surface area contributed by atoms with Gasteiger partial charge in [-0.25, -0.2) is 0 Å². The Morgan fingerprint density at radius 3 is 2.16 bits per heavy atom. The molecular formula is C30H54O2. The van der Waals surface area contributed by atoms with Gasteiger partial charge in [0, 0.05) is 13.2 Å². The zero-order chi connectivity index (χ0) is 23.1. The van der Waals surface area contributed by atoms with Gasteiger partial charge in [0.1, 0.15) is 0 Å². The minimum Gasteiger partial charge on any atom is -0.378 e. The van der Waals surface area contributed by atoms with Gasteiger partial charge >= 0.3 is 0 Å². The first-order valence-corrected chi connectivity index (χ1v) is 14.4. The third-order valence-electron chi connectivity index (χ3n) is 9.64. The van der Waals surface area contributed by atoms with E-state index in [1.807, 2.05) is 0 Å². The molecule has 2 heteroatoms. The minimum absolute atomic E-state index is 0.363. The summed E-state index contributed by atoms with van der Waals surface area (Å²) in [5, 5.41) is 0. The molecule has 3 saturated carbocycles. The van der Waals surface area contributed by atoms with E-state index in [0.29, 0.717) is 23.5 Å². The highest BCUT2D eigenvalue weighted by molar-refractivity contribution is 5.15. The fraction of sp³-hybridized carbons (Fsp3) is 0.933. The molecule has 0 aromatic heterocycles. The van der Waals surface area contributed by atoms with E-state index in [1.54, 1.807) is 0 Å². The average molecular weight is 447 g/mol. The normalized spacial score (nSPS) is 43.9. The number of rotatable bonds is 5. The van der Waals surface area contributed by atoms with Gasteiger partial charge in [0.15, 0.2) is 0 Å². The molecule has 0 N–H and O–H groups in total. The lowest BCUT2D eigenvalue weighted by Crippen LogP contribution is -2.45. The van der Waals surface area contributed by atoms with Crippen molar-refractivity contribution in [1.82, 2.24) is 0 Å². The summed E-state index contributed by atoms with van der Waals surface area (Å²) in [7, 11) is 0. The van der Waals surface area contributed by atoms with Crippen LogP contribution in [-0.4, -0.2) is 25.4 Å². The standard InChI is InChI=1S/C27H46O2.C3H8/c1-5-28-22-15-13-21(14-16-22)27-17-9-12-26(29-6-2)19(3)18-25(27)20(4)23-10-7-8-11-24(23)27;1-3-2/h13,15,19-26H,5-12,14,16-18H2,1-4H3;3H2,1-2H3. The summed E-state index contributed by atoms with van der Waals surface area (Å²) in [5.41, 5.74) is 0.545. The molecule has 0 saturated heterocycles. The lowest BCUT2D eigenvalue weighted by atomic mass is 9.54. The summed E-state index contributed by atoms with van der Waals surface area (Å²) in [5.74, 6) is 5.18. The summed E-state index contributed by atoms with van der Waals surface area (Å²) in [6.45, 7) is 15.4. The van der Waals surface area contributed by atoms with Crippen LogP contribution in [-0.2, 0) is 9.47 Å². The first kappa shape index (κ1) is 26.3. The van der Waals surface area contributed by atoms with Crippen molar-refractivity contribution < 1.29 is 9.47 Å². The van der Waals surface area contributed by atoms with E-state index >= 15 is 0 Å². The fourth-order valence-electron chi connectivity index (χ4n) is 8.56. The predicted molar refractivity (Wildman–Crippen MR) is 137 cm³/mol. The molecule has 0 spiro atoms. The van der Waals surface area contributed by atoms with Crippen LogP contribution in [0.25, 0.3) is 0 Å². The summed E-state index contributed by atoms with van der Waals surface area (Å²) >= 11 is 0. The van der Waals surface area contributed by atoms with Crippen LogP contribution in [0, 0.1) is 40.9 Å². The number of allylic oxidation sites excluding steroid dienone is 1. The van der Waals surface area contributed by atoms with Gasteiger partial charge in [-0.15, -0.1) is 0 Å². The number of hydrogen-bond donors (Lipinski definition) is 0. The first-order valence-electron chi connectivity index (χ1n) is 14.4. The van der Waals surface area contributed by atoms with Crippen LogP contribution in [0.4, 0.5) is 0 Å². The van der Waals surface area contributed by atoms with Gasteiger partial charge in [0.25, 0.3) is 0 Å². The molecular weight excluding hydrogens is 392 g/mol. The highest BCUT2D eigenvalue weighted by Crippen LogP contribution is 2.67. The van der Waals surface area contributed by atoms with Gasteiger partial charge in [-0.2, -0.15) is 0 Å². The van der Waals surface area contributed by atoms with Crippen molar-refractivity contribution >= 4 is 0 Å². The third-order valence-corrected chi connectivity index (χ3v) is 9.64. The van der Waals surface area contributed by atoms with E-state index in [1.165, 1.54) is 70.6 Å². The minimum atomic E-state index is 0.363. The second-order valence-electron chi connectivity index (χ2n) is 11.5. The molecule has 0 aromatic carbocycles. The maximum atomic E-state index is 6.22. The number of ether oxygens (including phenoxy) is 2. The number of fused-ring (bicyclic) bond motifs is 3. The van der Waals surface area contributed by atoms with Crippen LogP contribution in [0.5, 0.6) is 0 Å². The van der Waals surface area contributed by atoms with Crippen molar-refractivity contribution in [2.75, 3.05) is 13.2 Å². The van der Waals surface area contributed by atoms with Crippen LogP contribution in [0.15, 0.2) is 12.2 Å². The van der Waals surface area contributed by atoms with Crippen molar-refractivity contribution in [2.24, 2.45) is 40.9 Å². The van der Waals surface area contributed by atoms with Crippen LogP contribution in [0.2, 0.25) is 0 Å². The van der Waals surface area contributed by atoms with E-state index in [9.17, 15) is 0 Å². The molecule has 0 heterocycles. The largest absolute Gasteiger partial charge is 0.378 e. The Balaban J connectivity index is 0.000000913. The van der Waals surface area contributed by atoms with Gasteiger partial charge in [-0.3, -0.25) is 0 Å². The van der Waals surface area contributed by atoms with Gasteiger partial charge in [0.2, 0.25) is 0 Å². The molecule has 4 aliphatic rings. The molecule has 0 aromatic rings. The molecule has 0 amide bonds. The smallest absolute Gasteiger partial charge is 0.0756 e. The molecule has 186 valence electrons. The van der Waals surface area contributed by atoms with E-state index < -0.39 is 0 Å². The average Bonchev–Trinajstić information content (AvgIpc) is 3.02. The van der Waals surface area contributed by atoms with E-state index in [-0.39, 0.29) is 0 Å². The lowest BCUT2D eigenvalue weighted by Gasteiger charge is -2.51. The molecule has 0 aliphatic heterocycles. The number of hydrogen-bond acceptors (Lipinski definition) is 2. The second-order valence-corrected chi connectivity index (χ2v) is 11.5. The van der Waals surface area contributed by atoms with Gasteiger partial charge in [-0.05, 0) is 99.7 Å². The second kappa shape index (κ2) is 12.4. The van der Waals surface area contributed by atoms with Gasteiger partial charge < -0.3 is 9.47 Å². The highest BCUT2D eigenvalue weighted by atomic mass is 16.5. The SMILES string of the molecule is CCC.CCOC1C=CC(C23CCCC(OCC)C(C)CC2C(C)C2CCCCC23)CC1. The molecule has 4 aliphatic carbocycles. The van der Waals surface area contributed by atoms with Crippen molar-refractivity contribution in [3.8, 4) is 0 Å². The Bertz CT molecular complexity index is 571. The molecule has 9 atom stereocenters. The lowest BCUT2D eigenvalue weighted by molar-refractivity contribution is -0.0461. The van der Waals surface area contributed by atoms with E-state index in [4.69, 9.17) is 9.47 Å². The zero-order valence-corrected chi connectivity index (χ0v) is 22.3. The van der Waals surface area contributed by atoms with Crippen LogP contribution in [0.3, 0.4) is 0 Å². The Morgan fingerprint density at radius 1 is 0.781 bits per heavy atom. The van der Waals surface area contributed by atoms with E-state index in [2.05, 4.69) is 53.7 Å². The van der Waals surface area contributed by atoms with Gasteiger partial charge in [0.05, 0.1) is 12.2 Å². The Labute approximate surface area is 200 Å².